The molecule has 3 N–H and O–H groups in total. The van der Waals surface area contributed by atoms with Crippen LogP contribution in [0.4, 0.5) is 0 Å². The van der Waals surface area contributed by atoms with Gasteiger partial charge in [-0.3, -0.25) is 0 Å². The molecule has 0 aliphatic rings. The van der Waals surface area contributed by atoms with Crippen molar-refractivity contribution in [1.82, 2.24) is 9.97 Å². The maximum absolute atomic E-state index is 5.77. The first-order valence-corrected chi connectivity index (χ1v) is 4.06. The lowest BCUT2D eigenvalue weighted by atomic mass is 10.3. The summed E-state index contributed by atoms with van der Waals surface area (Å²) < 4.78 is 5.34. The second-order valence-electron chi connectivity index (χ2n) is 2.96. The molecule has 1 heterocycles. The number of rotatable bonds is 4. The summed E-state index contributed by atoms with van der Waals surface area (Å²) >= 11 is 0. The Hall–Kier alpha value is -0.870. The van der Waals surface area contributed by atoms with E-state index in [9.17, 15) is 0 Å². The molecular formula is C8H15N3O. The van der Waals surface area contributed by atoms with Crippen LogP contribution in [-0.2, 0) is 4.74 Å². The predicted molar refractivity (Wildman–Crippen MR) is 46.6 cm³/mol. The summed E-state index contributed by atoms with van der Waals surface area (Å²) in [5.74, 6) is 0.774. The normalized spacial score (nSPS) is 13.7. The van der Waals surface area contributed by atoms with Gasteiger partial charge in [-0.05, 0) is 13.8 Å². The van der Waals surface area contributed by atoms with E-state index in [1.807, 2.05) is 13.8 Å². The largest absolute Gasteiger partial charge is 0.377 e. The smallest absolute Gasteiger partial charge is 0.125 e. The summed E-state index contributed by atoms with van der Waals surface area (Å²) in [4.78, 5) is 6.98. The second kappa shape index (κ2) is 4.23. The highest BCUT2D eigenvalue weighted by molar-refractivity contribution is 4.93. The van der Waals surface area contributed by atoms with Gasteiger partial charge in [-0.2, -0.15) is 0 Å². The van der Waals surface area contributed by atoms with Crippen LogP contribution in [0.1, 0.15) is 25.7 Å². The molecule has 0 spiro atoms. The summed E-state index contributed by atoms with van der Waals surface area (Å²) in [6.45, 7) is 4.47. The molecule has 0 aliphatic carbocycles. The number of ether oxygens (including phenoxy) is 1. The number of nitrogens with two attached hydrogens (primary N) is 1. The van der Waals surface area contributed by atoms with Gasteiger partial charge in [-0.1, -0.05) is 0 Å². The van der Waals surface area contributed by atoms with Gasteiger partial charge in [0.1, 0.15) is 5.82 Å². The SMILES string of the molecule is CC(C)OCC(N)c1ncc[nH]1. The van der Waals surface area contributed by atoms with Gasteiger partial charge in [0.2, 0.25) is 0 Å². The molecule has 0 aliphatic heterocycles. The van der Waals surface area contributed by atoms with Crippen molar-refractivity contribution in [3.05, 3.63) is 18.2 Å². The van der Waals surface area contributed by atoms with E-state index in [-0.39, 0.29) is 12.1 Å². The van der Waals surface area contributed by atoms with Crippen LogP contribution >= 0.6 is 0 Å². The predicted octanol–water partition coefficient (Wildman–Crippen LogP) is 0.835. The Bertz CT molecular complexity index is 208. The number of imidazole rings is 1. The zero-order valence-corrected chi connectivity index (χ0v) is 7.45. The van der Waals surface area contributed by atoms with Crippen molar-refractivity contribution in [3.63, 3.8) is 0 Å². The van der Waals surface area contributed by atoms with Crippen molar-refractivity contribution in [2.45, 2.75) is 26.0 Å². The van der Waals surface area contributed by atoms with Crippen LogP contribution < -0.4 is 5.73 Å². The Balaban J connectivity index is 2.34. The molecule has 0 radical (unpaired) electrons. The van der Waals surface area contributed by atoms with Crippen LogP contribution in [0.5, 0.6) is 0 Å². The number of nitrogens with zero attached hydrogens (tertiary/aromatic N) is 1. The van der Waals surface area contributed by atoms with Crippen LogP contribution in [0.3, 0.4) is 0 Å². The van der Waals surface area contributed by atoms with E-state index in [0.29, 0.717) is 6.61 Å². The van der Waals surface area contributed by atoms with Crippen LogP contribution in [0.15, 0.2) is 12.4 Å². The van der Waals surface area contributed by atoms with Gasteiger partial charge in [0.25, 0.3) is 0 Å². The molecule has 1 aromatic rings. The molecule has 0 amide bonds. The van der Waals surface area contributed by atoms with E-state index >= 15 is 0 Å². The van der Waals surface area contributed by atoms with Gasteiger partial charge in [-0.25, -0.2) is 4.98 Å². The van der Waals surface area contributed by atoms with Crippen LogP contribution in [0, 0.1) is 0 Å². The number of hydrogen-bond donors (Lipinski definition) is 2. The first kappa shape index (κ1) is 9.22. The molecule has 4 heteroatoms. The van der Waals surface area contributed by atoms with E-state index in [2.05, 4.69) is 9.97 Å². The Morgan fingerprint density at radius 3 is 2.92 bits per heavy atom. The first-order chi connectivity index (χ1) is 5.70. The highest BCUT2D eigenvalue weighted by Crippen LogP contribution is 2.04. The van der Waals surface area contributed by atoms with Crippen molar-refractivity contribution >= 4 is 0 Å². The number of aromatic amines is 1. The number of nitrogens with one attached hydrogen (secondary N) is 1. The second-order valence-corrected chi connectivity index (χ2v) is 2.96. The summed E-state index contributed by atoms with van der Waals surface area (Å²) in [7, 11) is 0. The zero-order valence-electron chi connectivity index (χ0n) is 7.45. The maximum atomic E-state index is 5.77. The fourth-order valence-corrected chi connectivity index (χ4v) is 0.855. The Morgan fingerprint density at radius 2 is 2.42 bits per heavy atom. The molecule has 68 valence electrons. The third-order valence-electron chi connectivity index (χ3n) is 1.48. The molecule has 0 bridgehead atoms. The molecule has 12 heavy (non-hydrogen) atoms. The van der Waals surface area contributed by atoms with Gasteiger partial charge in [0.15, 0.2) is 0 Å². The van der Waals surface area contributed by atoms with Gasteiger partial charge in [0.05, 0.1) is 18.8 Å². The summed E-state index contributed by atoms with van der Waals surface area (Å²) in [6, 6.07) is -0.151. The molecule has 0 fully saturated rings. The summed E-state index contributed by atoms with van der Waals surface area (Å²) in [5.41, 5.74) is 5.77. The molecule has 0 aromatic carbocycles. The molecule has 1 rings (SSSR count). The van der Waals surface area contributed by atoms with Crippen LogP contribution in [-0.4, -0.2) is 22.7 Å². The van der Waals surface area contributed by atoms with Gasteiger partial charge in [-0.15, -0.1) is 0 Å². The molecular weight excluding hydrogens is 154 g/mol. The lowest BCUT2D eigenvalue weighted by molar-refractivity contribution is 0.0670. The quantitative estimate of drug-likeness (QED) is 0.701. The third kappa shape index (κ3) is 2.64. The Morgan fingerprint density at radius 1 is 1.67 bits per heavy atom. The standard InChI is InChI=1S/C8H15N3O/c1-6(2)12-5-7(9)8-10-3-4-11-8/h3-4,6-7H,5,9H2,1-2H3,(H,10,11). The third-order valence-corrected chi connectivity index (χ3v) is 1.48. The lowest BCUT2D eigenvalue weighted by Gasteiger charge is -2.11. The highest BCUT2D eigenvalue weighted by Gasteiger charge is 2.08. The molecule has 1 aromatic heterocycles. The number of hydrogen-bond acceptors (Lipinski definition) is 3. The minimum atomic E-state index is -0.151. The van der Waals surface area contributed by atoms with Crippen LogP contribution in [0.2, 0.25) is 0 Å². The topological polar surface area (TPSA) is 63.9 Å². The number of aromatic nitrogens is 2. The van der Waals surface area contributed by atoms with Gasteiger partial charge >= 0.3 is 0 Å². The minimum Gasteiger partial charge on any atom is -0.377 e. The summed E-state index contributed by atoms with van der Waals surface area (Å²) in [6.07, 6.45) is 3.65. The van der Waals surface area contributed by atoms with E-state index < -0.39 is 0 Å². The highest BCUT2D eigenvalue weighted by atomic mass is 16.5. The fourth-order valence-electron chi connectivity index (χ4n) is 0.855. The molecule has 0 saturated heterocycles. The van der Waals surface area contributed by atoms with Gasteiger partial charge in [0, 0.05) is 12.4 Å². The van der Waals surface area contributed by atoms with E-state index in [1.165, 1.54) is 0 Å². The van der Waals surface area contributed by atoms with E-state index in [4.69, 9.17) is 10.5 Å². The Labute approximate surface area is 72.1 Å². The molecule has 1 unspecified atom stereocenters. The molecule has 0 saturated carbocycles. The van der Waals surface area contributed by atoms with E-state index in [0.717, 1.165) is 5.82 Å². The lowest BCUT2D eigenvalue weighted by Crippen LogP contribution is -2.20. The summed E-state index contributed by atoms with van der Waals surface area (Å²) in [5, 5.41) is 0. The van der Waals surface area contributed by atoms with Crippen molar-refractivity contribution < 1.29 is 4.74 Å². The van der Waals surface area contributed by atoms with Crippen molar-refractivity contribution in [3.8, 4) is 0 Å². The van der Waals surface area contributed by atoms with E-state index in [1.54, 1.807) is 12.4 Å². The number of H-pyrrole nitrogens is 1. The Kier molecular flexibility index (Phi) is 3.25. The van der Waals surface area contributed by atoms with Crippen molar-refractivity contribution in [2.24, 2.45) is 5.73 Å². The van der Waals surface area contributed by atoms with Gasteiger partial charge < -0.3 is 15.5 Å². The van der Waals surface area contributed by atoms with Crippen molar-refractivity contribution in [2.75, 3.05) is 6.61 Å². The van der Waals surface area contributed by atoms with Crippen LogP contribution in [0.25, 0.3) is 0 Å². The average Bonchev–Trinajstić information content (AvgIpc) is 2.51. The molecule has 1 atom stereocenters. The minimum absolute atomic E-state index is 0.151. The first-order valence-electron chi connectivity index (χ1n) is 4.06. The maximum Gasteiger partial charge on any atom is 0.125 e. The fraction of sp³-hybridized carbons (Fsp3) is 0.625. The van der Waals surface area contributed by atoms with Crippen molar-refractivity contribution in [1.29, 1.82) is 0 Å². The monoisotopic (exact) mass is 169 g/mol. The zero-order chi connectivity index (χ0) is 8.97. The average molecular weight is 169 g/mol. The molecule has 4 nitrogen and oxygen atoms in total.